The number of methoxy groups -OCH3 is 1. The second kappa shape index (κ2) is 6.24. The van der Waals surface area contributed by atoms with E-state index in [1.807, 2.05) is 60.7 Å². The molecule has 0 spiro atoms. The van der Waals surface area contributed by atoms with E-state index >= 15 is 0 Å². The Hall–Kier alpha value is -2.62. The molecule has 2 aromatic carbocycles. The summed E-state index contributed by atoms with van der Waals surface area (Å²) in [4.78, 5) is 24.2. The molecule has 1 fully saturated rings. The number of esters is 1. The standard InChI is InChI=1S/C19H18O4/c1-23-19(22)17-14(12-8-4-2-5-9-12)16(18(20)21)15(17)13-10-6-3-7-11-13/h2-11,14-17H,1H3,(H,20,21)/t14-,15-,16-,17-/m1/s1. The van der Waals surface area contributed by atoms with E-state index in [1.54, 1.807) is 0 Å². The van der Waals surface area contributed by atoms with Crippen molar-refractivity contribution in [1.82, 2.24) is 0 Å². The van der Waals surface area contributed by atoms with Crippen LogP contribution >= 0.6 is 0 Å². The maximum Gasteiger partial charge on any atom is 0.309 e. The molecular weight excluding hydrogens is 292 g/mol. The molecule has 3 rings (SSSR count). The van der Waals surface area contributed by atoms with Crippen molar-refractivity contribution in [3.05, 3.63) is 71.8 Å². The minimum Gasteiger partial charge on any atom is -0.481 e. The second-order valence-electron chi connectivity index (χ2n) is 5.79. The van der Waals surface area contributed by atoms with Crippen LogP contribution in [-0.4, -0.2) is 24.2 Å². The van der Waals surface area contributed by atoms with Gasteiger partial charge in [-0.05, 0) is 11.1 Å². The van der Waals surface area contributed by atoms with Crippen molar-refractivity contribution in [1.29, 1.82) is 0 Å². The van der Waals surface area contributed by atoms with Gasteiger partial charge >= 0.3 is 11.9 Å². The summed E-state index contributed by atoms with van der Waals surface area (Å²) in [6, 6.07) is 18.7. The number of rotatable bonds is 4. The van der Waals surface area contributed by atoms with E-state index in [9.17, 15) is 14.7 Å². The van der Waals surface area contributed by atoms with Gasteiger partial charge in [-0.15, -0.1) is 0 Å². The Bertz CT molecular complexity index is 648. The first-order valence-electron chi connectivity index (χ1n) is 7.55. The van der Waals surface area contributed by atoms with E-state index in [1.165, 1.54) is 7.11 Å². The number of carboxylic acids is 1. The summed E-state index contributed by atoms with van der Waals surface area (Å²) in [5, 5.41) is 9.72. The summed E-state index contributed by atoms with van der Waals surface area (Å²) in [6.07, 6.45) is 0. The van der Waals surface area contributed by atoms with E-state index in [4.69, 9.17) is 4.74 Å². The van der Waals surface area contributed by atoms with Crippen LogP contribution in [0.15, 0.2) is 60.7 Å². The van der Waals surface area contributed by atoms with Gasteiger partial charge < -0.3 is 9.84 Å². The molecule has 0 aliphatic heterocycles. The van der Waals surface area contributed by atoms with E-state index < -0.39 is 17.8 Å². The molecule has 118 valence electrons. The first kappa shape index (κ1) is 15.3. The highest BCUT2D eigenvalue weighted by atomic mass is 16.5. The summed E-state index contributed by atoms with van der Waals surface area (Å²) in [5.74, 6) is -3.09. The molecule has 0 amide bonds. The highest BCUT2D eigenvalue weighted by molar-refractivity contribution is 5.84. The van der Waals surface area contributed by atoms with Crippen molar-refractivity contribution >= 4 is 11.9 Å². The molecule has 0 saturated heterocycles. The number of ether oxygens (including phenoxy) is 1. The molecule has 4 heteroatoms. The highest BCUT2D eigenvalue weighted by Crippen LogP contribution is 2.57. The Morgan fingerprint density at radius 3 is 1.61 bits per heavy atom. The first-order valence-corrected chi connectivity index (χ1v) is 7.55. The van der Waals surface area contributed by atoms with Crippen LogP contribution in [0.3, 0.4) is 0 Å². The van der Waals surface area contributed by atoms with Crippen molar-refractivity contribution in [2.75, 3.05) is 7.11 Å². The summed E-state index contributed by atoms with van der Waals surface area (Å²) >= 11 is 0. The van der Waals surface area contributed by atoms with Gasteiger partial charge in [-0.2, -0.15) is 0 Å². The smallest absolute Gasteiger partial charge is 0.309 e. The van der Waals surface area contributed by atoms with Gasteiger partial charge in [0.05, 0.1) is 18.9 Å². The third-order valence-electron chi connectivity index (χ3n) is 4.68. The van der Waals surface area contributed by atoms with Crippen molar-refractivity contribution in [3.8, 4) is 0 Å². The van der Waals surface area contributed by atoms with Gasteiger partial charge in [0.25, 0.3) is 0 Å². The molecule has 1 aliphatic rings. The lowest BCUT2D eigenvalue weighted by Crippen LogP contribution is -2.51. The van der Waals surface area contributed by atoms with E-state index in [0.29, 0.717) is 0 Å². The van der Waals surface area contributed by atoms with Crippen LogP contribution in [0.2, 0.25) is 0 Å². The zero-order valence-corrected chi connectivity index (χ0v) is 12.8. The van der Waals surface area contributed by atoms with Gasteiger partial charge in [0, 0.05) is 11.8 Å². The Balaban J connectivity index is 2.05. The lowest BCUT2D eigenvalue weighted by Gasteiger charge is -2.48. The van der Waals surface area contributed by atoms with E-state index in [0.717, 1.165) is 11.1 Å². The molecule has 0 radical (unpaired) electrons. The molecule has 0 aromatic heterocycles. The summed E-state index contributed by atoms with van der Waals surface area (Å²) in [5.41, 5.74) is 1.73. The largest absolute Gasteiger partial charge is 0.481 e. The SMILES string of the molecule is COC(=O)[C@H]1[C@H](c2ccccc2)[C@H](C(=O)O)[C@H]1c1ccccc1. The maximum atomic E-state index is 12.3. The van der Waals surface area contributed by atoms with Crippen LogP contribution in [0.5, 0.6) is 0 Å². The molecule has 23 heavy (non-hydrogen) atoms. The van der Waals surface area contributed by atoms with Gasteiger partial charge in [0.15, 0.2) is 0 Å². The minimum atomic E-state index is -0.882. The Morgan fingerprint density at radius 1 is 0.826 bits per heavy atom. The van der Waals surface area contributed by atoms with Crippen molar-refractivity contribution in [2.24, 2.45) is 11.8 Å². The van der Waals surface area contributed by atoms with Gasteiger partial charge in [-0.25, -0.2) is 0 Å². The van der Waals surface area contributed by atoms with Crippen LogP contribution in [0.4, 0.5) is 0 Å². The number of aliphatic carboxylic acids is 1. The normalized spacial score (nSPS) is 26.1. The lowest BCUT2D eigenvalue weighted by atomic mass is 9.52. The fourth-order valence-corrected chi connectivity index (χ4v) is 3.66. The molecule has 1 N–H and O–H groups in total. The molecule has 2 atom stereocenters. The minimum absolute atomic E-state index is 0.356. The number of carbonyl (C=O) groups excluding carboxylic acids is 1. The van der Waals surface area contributed by atoms with E-state index in [-0.39, 0.29) is 17.8 Å². The maximum absolute atomic E-state index is 12.3. The first-order chi connectivity index (χ1) is 11.1. The number of carboxylic acid groups (broad SMARTS) is 1. The molecule has 0 bridgehead atoms. The summed E-state index contributed by atoms with van der Waals surface area (Å²) in [7, 11) is 1.35. The summed E-state index contributed by atoms with van der Waals surface area (Å²) in [6.45, 7) is 0. The number of benzene rings is 2. The molecule has 0 heterocycles. The Labute approximate surface area is 134 Å². The molecular formula is C19H18O4. The third kappa shape index (κ3) is 2.61. The monoisotopic (exact) mass is 310 g/mol. The third-order valence-corrected chi connectivity index (χ3v) is 4.68. The molecule has 0 unspecified atom stereocenters. The number of hydrogen-bond donors (Lipinski definition) is 1. The van der Waals surface area contributed by atoms with E-state index in [2.05, 4.69) is 0 Å². The second-order valence-corrected chi connectivity index (χ2v) is 5.79. The average Bonchev–Trinajstić information content (AvgIpc) is 2.55. The predicted octanol–water partition coefficient (Wildman–Crippen LogP) is 3.06. The topological polar surface area (TPSA) is 63.6 Å². The highest BCUT2D eigenvalue weighted by Gasteiger charge is 2.58. The van der Waals surface area contributed by atoms with Gasteiger partial charge in [0.2, 0.25) is 0 Å². The van der Waals surface area contributed by atoms with Crippen molar-refractivity contribution in [3.63, 3.8) is 0 Å². The lowest BCUT2D eigenvalue weighted by molar-refractivity contribution is -0.162. The molecule has 1 saturated carbocycles. The summed E-state index contributed by atoms with van der Waals surface area (Å²) < 4.78 is 4.95. The Morgan fingerprint density at radius 2 is 1.26 bits per heavy atom. The fourth-order valence-electron chi connectivity index (χ4n) is 3.66. The quantitative estimate of drug-likeness (QED) is 0.882. The fraction of sp³-hybridized carbons (Fsp3) is 0.263. The zero-order chi connectivity index (χ0) is 16.4. The predicted molar refractivity (Wildman–Crippen MR) is 85.0 cm³/mol. The Kier molecular flexibility index (Phi) is 4.15. The number of hydrogen-bond acceptors (Lipinski definition) is 3. The van der Waals surface area contributed by atoms with Crippen molar-refractivity contribution in [2.45, 2.75) is 11.8 Å². The number of carbonyl (C=O) groups is 2. The van der Waals surface area contributed by atoms with Gasteiger partial charge in [-0.3, -0.25) is 9.59 Å². The average molecular weight is 310 g/mol. The van der Waals surface area contributed by atoms with Gasteiger partial charge in [-0.1, -0.05) is 60.7 Å². The van der Waals surface area contributed by atoms with Crippen LogP contribution in [0.1, 0.15) is 23.0 Å². The zero-order valence-electron chi connectivity index (χ0n) is 12.8. The molecule has 4 nitrogen and oxygen atoms in total. The van der Waals surface area contributed by atoms with Crippen LogP contribution < -0.4 is 0 Å². The van der Waals surface area contributed by atoms with Crippen LogP contribution in [-0.2, 0) is 14.3 Å². The van der Waals surface area contributed by atoms with Crippen LogP contribution in [0, 0.1) is 11.8 Å². The van der Waals surface area contributed by atoms with Crippen molar-refractivity contribution < 1.29 is 19.4 Å². The molecule has 2 aromatic rings. The van der Waals surface area contributed by atoms with Crippen LogP contribution in [0.25, 0.3) is 0 Å². The van der Waals surface area contributed by atoms with Gasteiger partial charge in [0.1, 0.15) is 0 Å². The molecule has 1 aliphatic carbocycles.